The Morgan fingerprint density at radius 2 is 2.14 bits per heavy atom. The second kappa shape index (κ2) is 7.94. The van der Waals surface area contributed by atoms with Gasteiger partial charge < -0.3 is 19.5 Å². The highest BCUT2D eigenvalue weighted by Crippen LogP contribution is 2.24. The highest BCUT2D eigenvalue weighted by Gasteiger charge is 2.21. The van der Waals surface area contributed by atoms with Crippen LogP contribution in [0.25, 0.3) is 0 Å². The van der Waals surface area contributed by atoms with Crippen molar-refractivity contribution < 1.29 is 24.2 Å². The first-order valence-corrected chi connectivity index (χ1v) is 6.46. The number of phenols is 1. The van der Waals surface area contributed by atoms with Crippen molar-refractivity contribution in [1.29, 1.82) is 0 Å². The van der Waals surface area contributed by atoms with Crippen molar-refractivity contribution in [2.24, 2.45) is 0 Å². The van der Waals surface area contributed by atoms with E-state index in [2.05, 4.69) is 6.58 Å². The summed E-state index contributed by atoms with van der Waals surface area (Å²) in [6.45, 7) is 5.44. The molecule has 6 nitrogen and oxygen atoms in total. The van der Waals surface area contributed by atoms with E-state index in [1.54, 1.807) is 13.0 Å². The van der Waals surface area contributed by atoms with E-state index in [1.807, 2.05) is 0 Å². The van der Waals surface area contributed by atoms with Gasteiger partial charge in [0, 0.05) is 12.6 Å². The second-order valence-electron chi connectivity index (χ2n) is 4.16. The molecule has 1 N–H and O–H groups in total. The summed E-state index contributed by atoms with van der Waals surface area (Å²) >= 11 is 0. The molecule has 114 valence electrons. The highest BCUT2D eigenvalue weighted by molar-refractivity contribution is 5.98. The first-order valence-electron chi connectivity index (χ1n) is 6.46. The van der Waals surface area contributed by atoms with Gasteiger partial charge in [-0.3, -0.25) is 9.59 Å². The number of amides is 1. The average Bonchev–Trinajstić information content (AvgIpc) is 2.46. The van der Waals surface area contributed by atoms with Crippen LogP contribution in [0.4, 0.5) is 0 Å². The third-order valence-electron chi connectivity index (χ3n) is 2.70. The molecular formula is C15H19NO5. The fourth-order valence-corrected chi connectivity index (χ4v) is 1.73. The van der Waals surface area contributed by atoms with Gasteiger partial charge in [-0.15, -0.1) is 6.58 Å². The maximum atomic E-state index is 12.4. The molecule has 0 heterocycles. The summed E-state index contributed by atoms with van der Waals surface area (Å²) in [5.41, 5.74) is 0.0851. The number of hydrogen-bond donors (Lipinski definition) is 1. The van der Waals surface area contributed by atoms with Crippen LogP contribution in [0.1, 0.15) is 17.3 Å². The molecule has 1 rings (SSSR count). The molecule has 1 aromatic rings. The van der Waals surface area contributed by atoms with Crippen LogP contribution >= 0.6 is 0 Å². The molecule has 1 aromatic carbocycles. The Labute approximate surface area is 123 Å². The molecule has 0 unspecified atom stereocenters. The molecule has 6 heteroatoms. The lowest BCUT2D eigenvalue weighted by molar-refractivity contribution is -0.143. The lowest BCUT2D eigenvalue weighted by atomic mass is 10.1. The van der Waals surface area contributed by atoms with E-state index in [-0.39, 0.29) is 31.0 Å². The first-order chi connectivity index (χ1) is 10.0. The lowest BCUT2D eigenvalue weighted by Crippen LogP contribution is -2.36. The summed E-state index contributed by atoms with van der Waals surface area (Å²) < 4.78 is 9.78. The number of carbonyl (C=O) groups is 2. The Hall–Kier alpha value is -2.50. The van der Waals surface area contributed by atoms with E-state index in [1.165, 1.54) is 30.2 Å². The molecule has 0 aliphatic carbocycles. The minimum absolute atomic E-state index is 0.0851. The molecule has 21 heavy (non-hydrogen) atoms. The zero-order chi connectivity index (χ0) is 15.8. The van der Waals surface area contributed by atoms with Crippen LogP contribution in [0, 0.1) is 0 Å². The summed E-state index contributed by atoms with van der Waals surface area (Å²) in [5.74, 6) is -0.772. The van der Waals surface area contributed by atoms with Crippen molar-refractivity contribution in [2.45, 2.75) is 6.92 Å². The van der Waals surface area contributed by atoms with Crippen LogP contribution in [0.5, 0.6) is 11.5 Å². The zero-order valence-corrected chi connectivity index (χ0v) is 12.2. The molecule has 0 atom stereocenters. The number of carbonyl (C=O) groups excluding carboxylic acids is 2. The van der Waals surface area contributed by atoms with Gasteiger partial charge >= 0.3 is 5.97 Å². The van der Waals surface area contributed by atoms with Gasteiger partial charge in [0.2, 0.25) is 0 Å². The number of hydrogen-bond acceptors (Lipinski definition) is 5. The maximum Gasteiger partial charge on any atom is 0.325 e. The molecule has 0 aromatic heterocycles. The van der Waals surface area contributed by atoms with Crippen LogP contribution in [-0.2, 0) is 9.53 Å². The maximum absolute atomic E-state index is 12.4. The van der Waals surface area contributed by atoms with E-state index in [4.69, 9.17) is 9.47 Å². The van der Waals surface area contributed by atoms with Crippen molar-refractivity contribution in [2.75, 3.05) is 26.8 Å². The number of rotatable bonds is 7. The molecule has 0 aliphatic rings. The van der Waals surface area contributed by atoms with E-state index in [0.29, 0.717) is 5.75 Å². The number of phenolic OH excluding ortho intramolecular Hbond substituents is 1. The summed E-state index contributed by atoms with van der Waals surface area (Å²) in [5, 5.41) is 9.88. The van der Waals surface area contributed by atoms with Crippen molar-refractivity contribution in [1.82, 2.24) is 4.90 Å². The van der Waals surface area contributed by atoms with Gasteiger partial charge in [0.15, 0.2) is 0 Å². The molecular weight excluding hydrogens is 274 g/mol. The van der Waals surface area contributed by atoms with Crippen LogP contribution in [0.2, 0.25) is 0 Å². The summed E-state index contributed by atoms with van der Waals surface area (Å²) in [7, 11) is 1.46. The molecule has 0 aliphatic heterocycles. The smallest absolute Gasteiger partial charge is 0.325 e. The molecule has 0 radical (unpaired) electrons. The van der Waals surface area contributed by atoms with Gasteiger partial charge in [-0.1, -0.05) is 6.08 Å². The highest BCUT2D eigenvalue weighted by atomic mass is 16.5. The van der Waals surface area contributed by atoms with E-state index in [9.17, 15) is 14.7 Å². The van der Waals surface area contributed by atoms with Crippen molar-refractivity contribution in [3.63, 3.8) is 0 Å². The zero-order valence-electron chi connectivity index (χ0n) is 12.2. The van der Waals surface area contributed by atoms with E-state index >= 15 is 0 Å². The second-order valence-corrected chi connectivity index (χ2v) is 4.16. The summed E-state index contributed by atoms with van der Waals surface area (Å²) in [4.78, 5) is 25.1. The SMILES string of the molecule is C=CCN(CC(=O)OCC)C(=O)c1ccc(OC)cc1O. The van der Waals surface area contributed by atoms with Crippen molar-refractivity contribution >= 4 is 11.9 Å². The number of methoxy groups -OCH3 is 1. The lowest BCUT2D eigenvalue weighted by Gasteiger charge is -2.20. The van der Waals surface area contributed by atoms with Crippen LogP contribution < -0.4 is 4.74 Å². The monoisotopic (exact) mass is 293 g/mol. The molecule has 0 bridgehead atoms. The molecule has 0 saturated heterocycles. The van der Waals surface area contributed by atoms with E-state index < -0.39 is 11.9 Å². The van der Waals surface area contributed by atoms with Crippen LogP contribution in [0.15, 0.2) is 30.9 Å². The minimum Gasteiger partial charge on any atom is -0.507 e. The molecule has 1 amide bonds. The fourth-order valence-electron chi connectivity index (χ4n) is 1.73. The molecule has 0 saturated carbocycles. The number of ether oxygens (including phenoxy) is 2. The van der Waals surface area contributed by atoms with Gasteiger partial charge in [0.05, 0.1) is 19.3 Å². The van der Waals surface area contributed by atoms with Crippen LogP contribution in [0.3, 0.4) is 0 Å². The number of aromatic hydroxyl groups is 1. The topological polar surface area (TPSA) is 76.1 Å². The van der Waals surface area contributed by atoms with Gasteiger partial charge in [-0.05, 0) is 19.1 Å². The standard InChI is InChI=1S/C15H19NO5/c1-4-8-16(10-14(18)21-5-2)15(19)12-7-6-11(20-3)9-13(12)17/h4,6-7,9,17H,1,5,8,10H2,2-3H3. The Kier molecular flexibility index (Phi) is 6.26. The third-order valence-corrected chi connectivity index (χ3v) is 2.70. The molecule has 0 spiro atoms. The Balaban J connectivity index is 2.94. The number of esters is 1. The predicted octanol–water partition coefficient (Wildman–Crippen LogP) is 1.59. The van der Waals surface area contributed by atoms with Gasteiger partial charge in [-0.25, -0.2) is 0 Å². The predicted molar refractivity (Wildman–Crippen MR) is 77.4 cm³/mol. The fraction of sp³-hybridized carbons (Fsp3) is 0.333. The first kappa shape index (κ1) is 16.6. The Morgan fingerprint density at radius 3 is 2.67 bits per heavy atom. The summed E-state index contributed by atoms with van der Waals surface area (Å²) in [6, 6.07) is 4.34. The summed E-state index contributed by atoms with van der Waals surface area (Å²) in [6.07, 6.45) is 1.50. The Bertz CT molecular complexity index is 527. The molecule has 0 fully saturated rings. The van der Waals surface area contributed by atoms with E-state index in [0.717, 1.165) is 0 Å². The van der Waals surface area contributed by atoms with Crippen LogP contribution in [-0.4, -0.2) is 48.7 Å². The normalized spacial score (nSPS) is 9.81. The average molecular weight is 293 g/mol. The minimum atomic E-state index is -0.513. The van der Waals surface area contributed by atoms with Crippen molar-refractivity contribution in [3.8, 4) is 11.5 Å². The Morgan fingerprint density at radius 1 is 1.43 bits per heavy atom. The number of benzene rings is 1. The number of nitrogens with zero attached hydrogens (tertiary/aromatic N) is 1. The van der Waals surface area contributed by atoms with Crippen molar-refractivity contribution in [3.05, 3.63) is 36.4 Å². The third kappa shape index (κ3) is 4.52. The van der Waals surface area contributed by atoms with Gasteiger partial charge in [0.1, 0.15) is 18.0 Å². The largest absolute Gasteiger partial charge is 0.507 e. The van der Waals surface area contributed by atoms with Gasteiger partial charge in [0.25, 0.3) is 5.91 Å². The van der Waals surface area contributed by atoms with Gasteiger partial charge in [-0.2, -0.15) is 0 Å². The quantitative estimate of drug-likeness (QED) is 0.610.